The molecule has 188 valence electrons. The standard InChI is InChI=1S/C25H25FN4O5S/c26-19-3-11-23(12-4-19)36(34,35)30(17-24(31)32)22-9-5-20(6-10-22)28-25(33)18-1-7-21(8-2-18)29-15-13-27-14-16-29/h1-12,27H,13-17H2,(H,28,33)(H,31,32). The van der Waals surface area contributed by atoms with Crippen LogP contribution in [0.5, 0.6) is 0 Å². The summed E-state index contributed by atoms with van der Waals surface area (Å²) in [6.45, 7) is 2.78. The van der Waals surface area contributed by atoms with Crippen molar-refractivity contribution >= 4 is 39.0 Å². The van der Waals surface area contributed by atoms with Crippen LogP contribution in [0.3, 0.4) is 0 Å². The molecule has 1 amide bonds. The van der Waals surface area contributed by atoms with Crippen LogP contribution in [0.2, 0.25) is 0 Å². The summed E-state index contributed by atoms with van der Waals surface area (Å²) in [6.07, 6.45) is 0. The number of nitrogens with zero attached hydrogens (tertiary/aromatic N) is 2. The normalized spacial score (nSPS) is 13.8. The number of hydrogen-bond donors (Lipinski definition) is 3. The third-order valence-corrected chi connectivity index (χ3v) is 7.49. The van der Waals surface area contributed by atoms with Gasteiger partial charge in [0.2, 0.25) is 0 Å². The highest BCUT2D eigenvalue weighted by molar-refractivity contribution is 7.92. The molecule has 3 aromatic rings. The highest BCUT2D eigenvalue weighted by Crippen LogP contribution is 2.26. The zero-order valence-electron chi connectivity index (χ0n) is 19.2. The van der Waals surface area contributed by atoms with Gasteiger partial charge in [-0.25, -0.2) is 12.8 Å². The van der Waals surface area contributed by atoms with E-state index in [-0.39, 0.29) is 16.5 Å². The number of carboxylic acids is 1. The zero-order valence-corrected chi connectivity index (χ0v) is 20.0. The maximum absolute atomic E-state index is 13.2. The molecular weight excluding hydrogens is 487 g/mol. The number of benzene rings is 3. The van der Waals surface area contributed by atoms with Crippen LogP contribution in [0, 0.1) is 5.82 Å². The van der Waals surface area contributed by atoms with Gasteiger partial charge in [-0.2, -0.15) is 0 Å². The molecule has 0 aromatic heterocycles. The molecule has 0 bridgehead atoms. The first-order valence-corrected chi connectivity index (χ1v) is 12.7. The van der Waals surface area contributed by atoms with Crippen molar-refractivity contribution < 1.29 is 27.5 Å². The van der Waals surface area contributed by atoms with Crippen molar-refractivity contribution in [3.05, 3.63) is 84.2 Å². The molecule has 1 aliphatic rings. The van der Waals surface area contributed by atoms with Crippen LogP contribution in [0.15, 0.2) is 77.7 Å². The van der Waals surface area contributed by atoms with E-state index in [1.54, 1.807) is 12.1 Å². The Morgan fingerprint density at radius 3 is 2.14 bits per heavy atom. The fraction of sp³-hybridized carbons (Fsp3) is 0.200. The van der Waals surface area contributed by atoms with Gasteiger partial charge in [-0.3, -0.25) is 13.9 Å². The van der Waals surface area contributed by atoms with Crippen LogP contribution in [-0.4, -0.2) is 58.1 Å². The summed E-state index contributed by atoms with van der Waals surface area (Å²) < 4.78 is 40.0. The third-order valence-electron chi connectivity index (χ3n) is 5.71. The van der Waals surface area contributed by atoms with E-state index in [0.29, 0.717) is 15.6 Å². The van der Waals surface area contributed by atoms with Gasteiger partial charge in [0.25, 0.3) is 15.9 Å². The van der Waals surface area contributed by atoms with Gasteiger partial charge < -0.3 is 20.6 Å². The van der Waals surface area contributed by atoms with Crippen LogP contribution < -0.4 is 19.8 Å². The van der Waals surface area contributed by atoms with Crippen molar-refractivity contribution in [1.82, 2.24) is 5.32 Å². The number of halogens is 1. The van der Waals surface area contributed by atoms with E-state index in [4.69, 9.17) is 0 Å². The number of piperazine rings is 1. The van der Waals surface area contributed by atoms with Crippen LogP contribution in [0.25, 0.3) is 0 Å². The first-order valence-electron chi connectivity index (χ1n) is 11.2. The van der Waals surface area contributed by atoms with Gasteiger partial charge in [-0.15, -0.1) is 0 Å². The first kappa shape index (κ1) is 25.1. The molecule has 36 heavy (non-hydrogen) atoms. The summed E-state index contributed by atoms with van der Waals surface area (Å²) in [7, 11) is -4.27. The lowest BCUT2D eigenvalue weighted by Crippen LogP contribution is -2.43. The van der Waals surface area contributed by atoms with Gasteiger partial charge in [0.1, 0.15) is 12.4 Å². The Morgan fingerprint density at radius 2 is 1.56 bits per heavy atom. The van der Waals surface area contributed by atoms with E-state index in [0.717, 1.165) is 56.1 Å². The number of sulfonamides is 1. The minimum atomic E-state index is -4.27. The number of aliphatic carboxylic acids is 1. The van der Waals surface area contributed by atoms with Crippen LogP contribution in [0.4, 0.5) is 21.5 Å². The monoisotopic (exact) mass is 512 g/mol. The molecule has 0 spiro atoms. The number of anilines is 3. The second-order valence-electron chi connectivity index (χ2n) is 8.14. The summed E-state index contributed by atoms with van der Waals surface area (Å²) in [5.74, 6) is -2.31. The SMILES string of the molecule is O=C(O)CN(c1ccc(NC(=O)c2ccc(N3CCNCC3)cc2)cc1)S(=O)(=O)c1ccc(F)cc1. The predicted octanol–water partition coefficient (Wildman–Crippen LogP) is 2.77. The Balaban J connectivity index is 1.48. The summed E-state index contributed by atoms with van der Waals surface area (Å²) in [4.78, 5) is 26.1. The van der Waals surface area contributed by atoms with E-state index in [1.807, 2.05) is 12.1 Å². The van der Waals surface area contributed by atoms with E-state index >= 15 is 0 Å². The van der Waals surface area contributed by atoms with Crippen molar-refractivity contribution in [3.8, 4) is 0 Å². The third kappa shape index (κ3) is 5.81. The molecule has 4 rings (SSSR count). The molecule has 1 saturated heterocycles. The average Bonchev–Trinajstić information content (AvgIpc) is 2.88. The average molecular weight is 513 g/mol. The maximum Gasteiger partial charge on any atom is 0.324 e. The number of carbonyl (C=O) groups excluding carboxylic acids is 1. The van der Waals surface area contributed by atoms with Crippen molar-refractivity contribution in [2.45, 2.75) is 4.90 Å². The Labute approximate surface area is 208 Å². The molecule has 0 radical (unpaired) electrons. The molecule has 0 unspecified atom stereocenters. The Hall–Kier alpha value is -3.96. The summed E-state index contributed by atoms with van der Waals surface area (Å²) >= 11 is 0. The zero-order chi connectivity index (χ0) is 25.7. The number of hydrogen-bond acceptors (Lipinski definition) is 6. The smallest absolute Gasteiger partial charge is 0.324 e. The number of nitrogens with one attached hydrogen (secondary N) is 2. The van der Waals surface area contributed by atoms with Gasteiger partial charge in [-0.1, -0.05) is 0 Å². The second kappa shape index (κ2) is 10.8. The van der Waals surface area contributed by atoms with E-state index in [9.17, 15) is 27.5 Å². The first-order chi connectivity index (χ1) is 17.2. The topological polar surface area (TPSA) is 119 Å². The maximum atomic E-state index is 13.2. The second-order valence-corrected chi connectivity index (χ2v) is 10.0. The van der Waals surface area contributed by atoms with Crippen molar-refractivity contribution in [2.75, 3.05) is 47.2 Å². The molecule has 11 heteroatoms. The van der Waals surface area contributed by atoms with E-state index < -0.39 is 28.4 Å². The van der Waals surface area contributed by atoms with Crippen molar-refractivity contribution in [3.63, 3.8) is 0 Å². The van der Waals surface area contributed by atoms with Crippen LogP contribution >= 0.6 is 0 Å². The minimum absolute atomic E-state index is 0.0834. The lowest BCUT2D eigenvalue weighted by atomic mass is 10.1. The molecule has 9 nitrogen and oxygen atoms in total. The number of amides is 1. The molecule has 3 N–H and O–H groups in total. The Kier molecular flexibility index (Phi) is 7.51. The molecular formula is C25H25FN4O5S. The summed E-state index contributed by atoms with van der Waals surface area (Å²) in [6, 6.07) is 17.1. The predicted molar refractivity (Wildman–Crippen MR) is 134 cm³/mol. The van der Waals surface area contributed by atoms with Crippen molar-refractivity contribution in [1.29, 1.82) is 0 Å². The molecule has 1 fully saturated rings. The fourth-order valence-corrected chi connectivity index (χ4v) is 5.25. The van der Waals surface area contributed by atoms with E-state index in [2.05, 4.69) is 15.5 Å². The van der Waals surface area contributed by atoms with Crippen LogP contribution in [0.1, 0.15) is 10.4 Å². The van der Waals surface area contributed by atoms with E-state index in [1.165, 1.54) is 24.3 Å². The molecule has 1 aliphatic heterocycles. The molecule has 1 heterocycles. The Bertz CT molecular complexity index is 1320. The van der Waals surface area contributed by atoms with Gasteiger partial charge in [0.15, 0.2) is 0 Å². The van der Waals surface area contributed by atoms with Gasteiger partial charge in [-0.05, 0) is 72.8 Å². The van der Waals surface area contributed by atoms with Gasteiger partial charge >= 0.3 is 5.97 Å². The number of rotatable bonds is 8. The number of carbonyl (C=O) groups is 2. The largest absolute Gasteiger partial charge is 0.480 e. The van der Waals surface area contributed by atoms with Crippen molar-refractivity contribution in [2.24, 2.45) is 0 Å². The lowest BCUT2D eigenvalue weighted by Gasteiger charge is -2.29. The highest BCUT2D eigenvalue weighted by Gasteiger charge is 2.27. The Morgan fingerprint density at radius 1 is 0.944 bits per heavy atom. The quantitative estimate of drug-likeness (QED) is 0.425. The van der Waals surface area contributed by atoms with Gasteiger partial charge in [0, 0.05) is 43.1 Å². The molecule has 0 atom stereocenters. The fourth-order valence-electron chi connectivity index (χ4n) is 3.83. The van der Waals surface area contributed by atoms with Crippen LogP contribution in [-0.2, 0) is 14.8 Å². The summed E-state index contributed by atoms with van der Waals surface area (Å²) in [5.41, 5.74) is 1.99. The highest BCUT2D eigenvalue weighted by atomic mass is 32.2. The minimum Gasteiger partial charge on any atom is -0.480 e. The summed E-state index contributed by atoms with van der Waals surface area (Å²) in [5, 5.41) is 15.3. The lowest BCUT2D eigenvalue weighted by molar-refractivity contribution is -0.135. The molecule has 0 saturated carbocycles. The van der Waals surface area contributed by atoms with Gasteiger partial charge in [0.05, 0.1) is 10.6 Å². The molecule has 3 aromatic carbocycles. The number of carboxylic acid groups (broad SMARTS) is 1. The molecule has 0 aliphatic carbocycles.